The van der Waals surface area contributed by atoms with Crippen LogP contribution in [0.3, 0.4) is 0 Å². The van der Waals surface area contributed by atoms with E-state index in [2.05, 4.69) is 24.1 Å². The molecule has 30 heavy (non-hydrogen) atoms. The highest BCUT2D eigenvalue weighted by Gasteiger charge is 2.29. The molecule has 2 heterocycles. The van der Waals surface area contributed by atoms with E-state index in [-0.39, 0.29) is 30.5 Å². The first kappa shape index (κ1) is 21.6. The van der Waals surface area contributed by atoms with Gasteiger partial charge in [-0.25, -0.2) is 4.98 Å². The van der Waals surface area contributed by atoms with E-state index in [0.717, 1.165) is 19.3 Å². The van der Waals surface area contributed by atoms with E-state index >= 15 is 0 Å². The van der Waals surface area contributed by atoms with Gasteiger partial charge in [-0.05, 0) is 69.5 Å². The number of ether oxygens (including phenoxy) is 1. The molecule has 2 unspecified atom stereocenters. The molecule has 1 aliphatic heterocycles. The highest BCUT2D eigenvalue weighted by Crippen LogP contribution is 2.24. The maximum atomic E-state index is 12.6. The number of hydrogen-bond acceptors (Lipinski definition) is 5. The molecule has 7 heteroatoms. The van der Waals surface area contributed by atoms with Gasteiger partial charge in [-0.2, -0.15) is 0 Å². The fraction of sp³-hybridized carbons (Fsp3) is 0.435. The molecular weight excluding hydrogens is 380 g/mol. The van der Waals surface area contributed by atoms with Crippen LogP contribution in [-0.2, 0) is 4.79 Å². The van der Waals surface area contributed by atoms with Crippen LogP contribution in [0.1, 0.15) is 43.5 Å². The topological polar surface area (TPSA) is 74.8 Å². The van der Waals surface area contributed by atoms with Gasteiger partial charge in [0.05, 0.1) is 5.69 Å². The van der Waals surface area contributed by atoms with Crippen molar-refractivity contribution in [1.29, 1.82) is 0 Å². The molecule has 160 valence electrons. The summed E-state index contributed by atoms with van der Waals surface area (Å²) in [6, 6.07) is 10.9. The van der Waals surface area contributed by atoms with Gasteiger partial charge in [0.15, 0.2) is 12.4 Å². The summed E-state index contributed by atoms with van der Waals surface area (Å²) < 4.78 is 5.68. The lowest BCUT2D eigenvalue weighted by atomic mass is 9.97. The SMILES string of the molecule is CC1CCCC(C)N1C(=O)COc1ccc(C(=O)Nc2cccnc2N(C)C)cc1. The van der Waals surface area contributed by atoms with Crippen molar-refractivity contribution in [2.24, 2.45) is 0 Å². The van der Waals surface area contributed by atoms with Crippen molar-refractivity contribution in [3.05, 3.63) is 48.2 Å². The minimum atomic E-state index is -0.232. The summed E-state index contributed by atoms with van der Waals surface area (Å²) in [4.78, 5) is 33.2. The Labute approximate surface area is 178 Å². The molecule has 2 aromatic rings. The molecule has 3 rings (SSSR count). The summed E-state index contributed by atoms with van der Waals surface area (Å²) in [6.07, 6.45) is 4.91. The molecule has 2 atom stereocenters. The molecule has 0 radical (unpaired) electrons. The van der Waals surface area contributed by atoms with Gasteiger partial charge in [-0.3, -0.25) is 9.59 Å². The molecule has 1 fully saturated rings. The number of hydrogen-bond donors (Lipinski definition) is 1. The molecule has 1 saturated heterocycles. The van der Waals surface area contributed by atoms with E-state index in [0.29, 0.717) is 22.8 Å². The predicted octanol–water partition coefficient (Wildman–Crippen LogP) is 3.57. The Morgan fingerprint density at radius 2 is 1.80 bits per heavy atom. The van der Waals surface area contributed by atoms with Crippen LogP contribution < -0.4 is 15.0 Å². The van der Waals surface area contributed by atoms with Crippen molar-refractivity contribution in [1.82, 2.24) is 9.88 Å². The number of carbonyl (C=O) groups is 2. The highest BCUT2D eigenvalue weighted by atomic mass is 16.5. The molecule has 1 aromatic heterocycles. The average Bonchev–Trinajstić information content (AvgIpc) is 2.72. The number of piperidine rings is 1. The third kappa shape index (κ3) is 5.09. The Morgan fingerprint density at radius 3 is 2.43 bits per heavy atom. The maximum Gasteiger partial charge on any atom is 0.260 e. The zero-order chi connectivity index (χ0) is 21.7. The molecule has 0 spiro atoms. The molecule has 1 N–H and O–H groups in total. The van der Waals surface area contributed by atoms with E-state index in [1.165, 1.54) is 0 Å². The van der Waals surface area contributed by atoms with Crippen LogP contribution in [-0.4, -0.2) is 54.5 Å². The molecule has 0 bridgehead atoms. The van der Waals surface area contributed by atoms with Crippen LogP contribution in [0, 0.1) is 0 Å². The number of nitrogens with one attached hydrogen (secondary N) is 1. The molecule has 2 amide bonds. The van der Waals surface area contributed by atoms with Gasteiger partial charge < -0.3 is 19.9 Å². The van der Waals surface area contributed by atoms with Gasteiger partial charge >= 0.3 is 0 Å². The second kappa shape index (κ2) is 9.61. The van der Waals surface area contributed by atoms with E-state index in [4.69, 9.17) is 4.74 Å². The number of amides is 2. The first-order valence-corrected chi connectivity index (χ1v) is 10.3. The Balaban J connectivity index is 1.58. The number of anilines is 2. The molecular formula is C23H30N4O3. The fourth-order valence-electron chi connectivity index (χ4n) is 3.88. The van der Waals surface area contributed by atoms with Gasteiger partial charge in [-0.15, -0.1) is 0 Å². The molecule has 1 aromatic carbocycles. The lowest BCUT2D eigenvalue weighted by Crippen LogP contribution is -2.49. The van der Waals surface area contributed by atoms with Gasteiger partial charge in [0, 0.05) is 37.9 Å². The Kier molecular flexibility index (Phi) is 6.92. The van der Waals surface area contributed by atoms with Crippen LogP contribution in [0.25, 0.3) is 0 Å². The van der Waals surface area contributed by atoms with E-state index in [1.54, 1.807) is 36.5 Å². The second-order valence-electron chi connectivity index (χ2n) is 7.97. The number of rotatable bonds is 6. The number of benzene rings is 1. The van der Waals surface area contributed by atoms with Crippen molar-refractivity contribution >= 4 is 23.3 Å². The van der Waals surface area contributed by atoms with E-state index < -0.39 is 0 Å². The number of aromatic nitrogens is 1. The third-order valence-electron chi connectivity index (χ3n) is 5.42. The van der Waals surface area contributed by atoms with Crippen molar-refractivity contribution < 1.29 is 14.3 Å². The third-order valence-corrected chi connectivity index (χ3v) is 5.42. The van der Waals surface area contributed by atoms with E-state index in [1.807, 2.05) is 30.0 Å². The fourth-order valence-corrected chi connectivity index (χ4v) is 3.88. The largest absolute Gasteiger partial charge is 0.484 e. The predicted molar refractivity (Wildman–Crippen MR) is 118 cm³/mol. The quantitative estimate of drug-likeness (QED) is 0.788. The normalized spacial score (nSPS) is 18.6. The van der Waals surface area contributed by atoms with Gasteiger partial charge in [0.1, 0.15) is 5.75 Å². The Bertz CT molecular complexity index is 872. The molecule has 7 nitrogen and oxygen atoms in total. The van der Waals surface area contributed by atoms with Crippen LogP contribution in [0.5, 0.6) is 5.75 Å². The smallest absolute Gasteiger partial charge is 0.260 e. The standard InChI is InChI=1S/C23H30N4O3/c1-16-7-5-8-17(2)27(16)21(28)15-30-19-12-10-18(11-13-19)23(29)25-20-9-6-14-24-22(20)26(3)4/h6,9-14,16-17H,5,7-8,15H2,1-4H3,(H,25,29). The number of carbonyl (C=O) groups excluding carboxylic acids is 2. The summed E-state index contributed by atoms with van der Waals surface area (Å²) in [7, 11) is 3.74. The summed E-state index contributed by atoms with van der Waals surface area (Å²) >= 11 is 0. The van der Waals surface area contributed by atoms with Crippen LogP contribution in [0.4, 0.5) is 11.5 Å². The summed E-state index contributed by atoms with van der Waals surface area (Å²) in [5.41, 5.74) is 1.14. The van der Waals surface area contributed by atoms with Crippen molar-refractivity contribution in [3.8, 4) is 5.75 Å². The summed E-state index contributed by atoms with van der Waals surface area (Å²) in [6.45, 7) is 4.18. The van der Waals surface area contributed by atoms with Crippen molar-refractivity contribution in [2.45, 2.75) is 45.2 Å². The first-order chi connectivity index (χ1) is 14.4. The monoisotopic (exact) mass is 410 g/mol. The van der Waals surface area contributed by atoms with Crippen molar-refractivity contribution in [2.75, 3.05) is 30.9 Å². The molecule has 0 aliphatic carbocycles. The summed E-state index contributed by atoms with van der Waals surface area (Å²) in [5.74, 6) is 1.02. The molecule has 0 saturated carbocycles. The van der Waals surface area contributed by atoms with Crippen LogP contribution in [0.2, 0.25) is 0 Å². The van der Waals surface area contributed by atoms with E-state index in [9.17, 15) is 9.59 Å². The lowest BCUT2D eigenvalue weighted by Gasteiger charge is -2.38. The zero-order valence-electron chi connectivity index (χ0n) is 18.1. The first-order valence-electron chi connectivity index (χ1n) is 10.3. The average molecular weight is 411 g/mol. The van der Waals surface area contributed by atoms with Crippen LogP contribution in [0.15, 0.2) is 42.6 Å². The minimum absolute atomic E-state index is 0.00209. The van der Waals surface area contributed by atoms with Crippen molar-refractivity contribution in [3.63, 3.8) is 0 Å². The zero-order valence-corrected chi connectivity index (χ0v) is 18.1. The minimum Gasteiger partial charge on any atom is -0.484 e. The molecule has 1 aliphatic rings. The lowest BCUT2D eigenvalue weighted by molar-refractivity contribution is -0.139. The summed E-state index contributed by atoms with van der Waals surface area (Å²) in [5, 5.41) is 2.89. The number of likely N-dealkylation sites (tertiary alicyclic amines) is 1. The van der Waals surface area contributed by atoms with Gasteiger partial charge in [0.25, 0.3) is 11.8 Å². The van der Waals surface area contributed by atoms with Crippen LogP contribution >= 0.6 is 0 Å². The number of nitrogens with zero attached hydrogens (tertiary/aromatic N) is 3. The Hall–Kier alpha value is -3.09. The maximum absolute atomic E-state index is 12.6. The number of pyridine rings is 1. The highest BCUT2D eigenvalue weighted by molar-refractivity contribution is 6.05. The van der Waals surface area contributed by atoms with Gasteiger partial charge in [-0.1, -0.05) is 0 Å². The van der Waals surface area contributed by atoms with Gasteiger partial charge in [0.2, 0.25) is 0 Å². The second-order valence-corrected chi connectivity index (χ2v) is 7.97. The Morgan fingerprint density at radius 1 is 1.13 bits per heavy atom.